The van der Waals surface area contributed by atoms with Crippen LogP contribution >= 0.6 is 11.3 Å². The Morgan fingerprint density at radius 2 is 2.05 bits per heavy atom. The number of thiophene rings is 1. The fourth-order valence-electron chi connectivity index (χ4n) is 2.27. The molecule has 3 N–H and O–H groups in total. The first kappa shape index (κ1) is 16.1. The average Bonchev–Trinajstić information content (AvgIpc) is 2.81. The molecule has 2 heterocycles. The highest BCUT2D eigenvalue weighted by Crippen LogP contribution is 2.29. The van der Waals surface area contributed by atoms with Gasteiger partial charge in [-0.25, -0.2) is 0 Å². The van der Waals surface area contributed by atoms with Gasteiger partial charge in [0.2, 0.25) is 0 Å². The van der Waals surface area contributed by atoms with E-state index < -0.39 is 0 Å². The van der Waals surface area contributed by atoms with Crippen LogP contribution < -0.4 is 11.1 Å². The molecule has 0 atom stereocenters. The van der Waals surface area contributed by atoms with Crippen LogP contribution in [0.1, 0.15) is 9.67 Å². The maximum Gasteiger partial charge on any atom is 0.265 e. The van der Waals surface area contributed by atoms with Crippen LogP contribution in [-0.4, -0.2) is 81.0 Å². The minimum Gasteiger partial charge on any atom is -0.397 e. The summed E-state index contributed by atoms with van der Waals surface area (Å²) in [5.74, 6) is -0.0374. The third kappa shape index (κ3) is 4.33. The summed E-state index contributed by atoms with van der Waals surface area (Å²) < 4.78 is 0. The molecular weight excluding hydrogens is 286 g/mol. The number of amides is 1. The van der Waals surface area contributed by atoms with E-state index in [0.29, 0.717) is 10.6 Å². The van der Waals surface area contributed by atoms with Crippen LogP contribution in [0.15, 0.2) is 6.07 Å². The molecule has 118 valence electrons. The lowest BCUT2D eigenvalue weighted by molar-refractivity contribution is 0.0833. The smallest absolute Gasteiger partial charge is 0.265 e. The van der Waals surface area contributed by atoms with E-state index in [1.807, 2.05) is 6.07 Å². The van der Waals surface area contributed by atoms with Gasteiger partial charge in [0.05, 0.1) is 10.7 Å². The molecular formula is C14H25N5OS. The van der Waals surface area contributed by atoms with Crippen LogP contribution in [0.3, 0.4) is 0 Å². The first-order chi connectivity index (χ1) is 9.97. The Morgan fingerprint density at radius 3 is 2.67 bits per heavy atom. The molecule has 0 unspecified atom stereocenters. The number of hydrogen-bond donors (Lipinski definition) is 2. The number of nitrogen functional groups attached to an aromatic ring is 1. The maximum absolute atomic E-state index is 11.9. The minimum absolute atomic E-state index is 0.0374. The van der Waals surface area contributed by atoms with Crippen molar-refractivity contribution < 1.29 is 4.79 Å². The molecule has 0 saturated carbocycles. The lowest BCUT2D eigenvalue weighted by Crippen LogP contribution is -2.45. The third-order valence-electron chi connectivity index (χ3n) is 3.68. The van der Waals surface area contributed by atoms with Crippen molar-refractivity contribution in [1.82, 2.24) is 14.7 Å². The quantitative estimate of drug-likeness (QED) is 0.838. The van der Waals surface area contributed by atoms with Crippen molar-refractivity contribution in [3.63, 3.8) is 0 Å². The first-order valence-electron chi connectivity index (χ1n) is 7.23. The zero-order chi connectivity index (χ0) is 15.4. The standard InChI is InChI=1S/C14H25N5OS/c1-17(2)14(20)13-11(15)10-12(21-13)16-4-5-19-8-6-18(3)7-9-19/h10,16H,4-9,15H2,1-3H3. The van der Waals surface area contributed by atoms with Gasteiger partial charge in [-0.15, -0.1) is 11.3 Å². The number of hydrogen-bond acceptors (Lipinski definition) is 6. The van der Waals surface area contributed by atoms with E-state index in [0.717, 1.165) is 44.3 Å². The van der Waals surface area contributed by atoms with E-state index >= 15 is 0 Å². The fraction of sp³-hybridized carbons (Fsp3) is 0.643. The molecule has 0 aliphatic carbocycles. The van der Waals surface area contributed by atoms with Gasteiger partial charge in [-0.05, 0) is 13.1 Å². The van der Waals surface area contributed by atoms with Crippen molar-refractivity contribution >= 4 is 27.9 Å². The second-order valence-electron chi connectivity index (χ2n) is 5.67. The van der Waals surface area contributed by atoms with E-state index in [4.69, 9.17) is 5.73 Å². The minimum atomic E-state index is -0.0374. The van der Waals surface area contributed by atoms with Gasteiger partial charge in [0.25, 0.3) is 5.91 Å². The molecule has 1 aromatic rings. The molecule has 1 fully saturated rings. The van der Waals surface area contributed by atoms with Crippen LogP contribution in [0.25, 0.3) is 0 Å². The SMILES string of the molecule is CN1CCN(CCNc2cc(N)c(C(=O)N(C)C)s2)CC1. The topological polar surface area (TPSA) is 64.8 Å². The Bertz CT molecular complexity index is 480. The summed E-state index contributed by atoms with van der Waals surface area (Å²) in [4.78, 5) is 18.9. The molecule has 2 rings (SSSR count). The van der Waals surface area contributed by atoms with Gasteiger partial charge in [-0.2, -0.15) is 0 Å². The van der Waals surface area contributed by atoms with E-state index in [-0.39, 0.29) is 5.91 Å². The summed E-state index contributed by atoms with van der Waals surface area (Å²) in [5.41, 5.74) is 6.47. The van der Waals surface area contributed by atoms with Crippen LogP contribution in [0.5, 0.6) is 0 Å². The first-order valence-corrected chi connectivity index (χ1v) is 8.04. The molecule has 21 heavy (non-hydrogen) atoms. The highest BCUT2D eigenvalue weighted by Gasteiger charge is 2.16. The molecule has 1 aliphatic heterocycles. The van der Waals surface area contributed by atoms with Gasteiger partial charge in [0.1, 0.15) is 4.88 Å². The van der Waals surface area contributed by atoms with Crippen molar-refractivity contribution in [2.45, 2.75) is 0 Å². The zero-order valence-electron chi connectivity index (χ0n) is 13.1. The molecule has 0 aromatic carbocycles. The molecule has 1 saturated heterocycles. The number of anilines is 2. The number of carbonyl (C=O) groups is 1. The molecule has 1 amide bonds. The summed E-state index contributed by atoms with van der Waals surface area (Å²) in [7, 11) is 5.64. The van der Waals surface area contributed by atoms with Gasteiger partial charge >= 0.3 is 0 Å². The van der Waals surface area contributed by atoms with Gasteiger partial charge in [-0.3, -0.25) is 9.69 Å². The molecule has 0 spiro atoms. The van der Waals surface area contributed by atoms with Crippen molar-refractivity contribution in [2.24, 2.45) is 0 Å². The van der Waals surface area contributed by atoms with Gasteiger partial charge in [0.15, 0.2) is 0 Å². The number of nitrogens with two attached hydrogens (primary N) is 1. The molecule has 0 radical (unpaired) electrons. The zero-order valence-corrected chi connectivity index (χ0v) is 13.9. The average molecular weight is 311 g/mol. The summed E-state index contributed by atoms with van der Waals surface area (Å²) in [6, 6.07) is 1.85. The number of carbonyl (C=O) groups excluding carboxylic acids is 1. The summed E-state index contributed by atoms with van der Waals surface area (Å²) in [5, 5.41) is 4.34. The van der Waals surface area contributed by atoms with Crippen LogP contribution in [0.2, 0.25) is 0 Å². The van der Waals surface area contributed by atoms with Gasteiger partial charge in [0, 0.05) is 53.4 Å². The van der Waals surface area contributed by atoms with Crippen LogP contribution in [-0.2, 0) is 0 Å². The summed E-state index contributed by atoms with van der Waals surface area (Å²) >= 11 is 1.43. The Labute approximate surface area is 130 Å². The van der Waals surface area contributed by atoms with E-state index in [2.05, 4.69) is 22.2 Å². The predicted octanol–water partition coefficient (Wildman–Crippen LogP) is 0.691. The number of nitrogens with zero attached hydrogens (tertiary/aromatic N) is 3. The van der Waals surface area contributed by atoms with Crippen molar-refractivity contribution in [1.29, 1.82) is 0 Å². The van der Waals surface area contributed by atoms with Crippen LogP contribution in [0.4, 0.5) is 10.7 Å². The molecule has 7 heteroatoms. The lowest BCUT2D eigenvalue weighted by atomic mass is 10.3. The van der Waals surface area contributed by atoms with Crippen LogP contribution in [0, 0.1) is 0 Å². The van der Waals surface area contributed by atoms with E-state index in [1.54, 1.807) is 19.0 Å². The third-order valence-corrected chi connectivity index (χ3v) is 4.78. The number of rotatable bonds is 5. The maximum atomic E-state index is 11.9. The van der Waals surface area contributed by atoms with Gasteiger partial charge < -0.3 is 20.9 Å². The normalized spacial score (nSPS) is 16.9. The highest BCUT2D eigenvalue weighted by atomic mass is 32.1. The molecule has 0 bridgehead atoms. The van der Waals surface area contributed by atoms with Crippen molar-refractivity contribution in [2.75, 3.05) is 71.5 Å². The molecule has 1 aromatic heterocycles. The monoisotopic (exact) mass is 311 g/mol. The van der Waals surface area contributed by atoms with E-state index in [1.165, 1.54) is 11.3 Å². The Morgan fingerprint density at radius 1 is 1.38 bits per heavy atom. The van der Waals surface area contributed by atoms with Crippen molar-refractivity contribution in [3.8, 4) is 0 Å². The Kier molecular flexibility index (Phi) is 5.44. The van der Waals surface area contributed by atoms with Crippen molar-refractivity contribution in [3.05, 3.63) is 10.9 Å². The van der Waals surface area contributed by atoms with Gasteiger partial charge in [-0.1, -0.05) is 0 Å². The Balaban J connectivity index is 1.81. The fourth-order valence-corrected chi connectivity index (χ4v) is 3.30. The second kappa shape index (κ2) is 7.11. The number of piperazine rings is 1. The number of nitrogens with one attached hydrogen (secondary N) is 1. The number of likely N-dealkylation sites (N-methyl/N-ethyl adjacent to an activating group) is 1. The summed E-state index contributed by atoms with van der Waals surface area (Å²) in [6.07, 6.45) is 0. The predicted molar refractivity (Wildman–Crippen MR) is 89.2 cm³/mol. The van der Waals surface area contributed by atoms with E-state index in [9.17, 15) is 4.79 Å². The lowest BCUT2D eigenvalue weighted by Gasteiger charge is -2.32. The highest BCUT2D eigenvalue weighted by molar-refractivity contribution is 7.18. The second-order valence-corrected chi connectivity index (χ2v) is 6.72. The summed E-state index contributed by atoms with van der Waals surface area (Å²) in [6.45, 7) is 6.40. The Hall–Kier alpha value is -1.31. The largest absolute Gasteiger partial charge is 0.397 e. The molecule has 6 nitrogen and oxygen atoms in total. The molecule has 1 aliphatic rings.